The number of piperidine rings is 1. The number of halogens is 2. The zero-order valence-corrected chi connectivity index (χ0v) is 7.95. The lowest BCUT2D eigenvalue weighted by Gasteiger charge is -2.32. The van der Waals surface area contributed by atoms with Crippen LogP contribution in [0.1, 0.15) is 12.8 Å². The molecule has 0 aromatic carbocycles. The average molecular weight is 222 g/mol. The van der Waals surface area contributed by atoms with Crippen molar-refractivity contribution in [3.8, 4) is 0 Å². The maximum Gasteiger partial charge on any atom is 0.330 e. The van der Waals surface area contributed by atoms with Crippen molar-refractivity contribution in [2.75, 3.05) is 13.1 Å². The van der Waals surface area contributed by atoms with Crippen LogP contribution in [0.3, 0.4) is 0 Å². The van der Waals surface area contributed by atoms with E-state index in [0.717, 1.165) is 4.90 Å². The van der Waals surface area contributed by atoms with Crippen molar-refractivity contribution in [2.24, 2.45) is 5.73 Å². The van der Waals surface area contributed by atoms with Gasteiger partial charge in [-0.3, -0.25) is 4.79 Å². The van der Waals surface area contributed by atoms with Gasteiger partial charge in [-0.2, -0.15) is 0 Å². The van der Waals surface area contributed by atoms with Gasteiger partial charge >= 0.3 is 5.97 Å². The fraction of sp³-hybridized carbons (Fsp3) is 0.750. The monoisotopic (exact) mass is 222 g/mol. The quantitative estimate of drug-likeness (QED) is 0.626. The molecule has 86 valence electrons. The summed E-state index contributed by atoms with van der Waals surface area (Å²) in [6.07, 6.45) is -0.879. The first-order valence-corrected chi connectivity index (χ1v) is 4.48. The van der Waals surface area contributed by atoms with E-state index in [1.54, 1.807) is 0 Å². The van der Waals surface area contributed by atoms with Gasteiger partial charge in [-0.1, -0.05) is 0 Å². The number of rotatable bonds is 2. The molecule has 0 bridgehead atoms. The molecule has 7 heteroatoms. The van der Waals surface area contributed by atoms with Crippen molar-refractivity contribution in [1.29, 1.82) is 0 Å². The summed E-state index contributed by atoms with van der Waals surface area (Å²) >= 11 is 0. The number of nitrogens with two attached hydrogens (primary N) is 1. The predicted molar refractivity (Wildman–Crippen MR) is 46.4 cm³/mol. The highest BCUT2D eigenvalue weighted by molar-refractivity contribution is 6.00. The van der Waals surface area contributed by atoms with Crippen LogP contribution in [0, 0.1) is 0 Å². The third kappa shape index (κ3) is 2.85. The second-order valence-corrected chi connectivity index (χ2v) is 3.50. The first kappa shape index (κ1) is 11.8. The van der Waals surface area contributed by atoms with Gasteiger partial charge in [0.1, 0.15) is 0 Å². The Morgan fingerprint density at radius 3 is 2.20 bits per heavy atom. The van der Waals surface area contributed by atoms with E-state index in [1.165, 1.54) is 0 Å². The van der Waals surface area contributed by atoms with Crippen molar-refractivity contribution in [3.05, 3.63) is 0 Å². The summed E-state index contributed by atoms with van der Waals surface area (Å²) in [5, 5.41) is 8.47. The number of carbonyl (C=O) groups is 2. The second-order valence-electron chi connectivity index (χ2n) is 3.50. The predicted octanol–water partition coefficient (Wildman–Crippen LogP) is -0.344. The lowest BCUT2D eigenvalue weighted by Crippen LogP contribution is -2.52. The van der Waals surface area contributed by atoms with Gasteiger partial charge in [-0.15, -0.1) is 0 Å². The molecule has 1 amide bonds. The summed E-state index contributed by atoms with van der Waals surface area (Å²) in [4.78, 5) is 22.8. The second kappa shape index (κ2) is 4.09. The Morgan fingerprint density at radius 2 is 1.80 bits per heavy atom. The molecule has 0 radical (unpaired) electrons. The number of carboxylic acids is 1. The summed E-state index contributed by atoms with van der Waals surface area (Å²) < 4.78 is 25.4. The number of hydrogen-bond donors (Lipinski definition) is 2. The molecule has 15 heavy (non-hydrogen) atoms. The molecule has 0 aliphatic carbocycles. The van der Waals surface area contributed by atoms with Crippen LogP contribution < -0.4 is 5.73 Å². The van der Waals surface area contributed by atoms with Crippen molar-refractivity contribution in [2.45, 2.75) is 24.8 Å². The van der Waals surface area contributed by atoms with Gasteiger partial charge in [0, 0.05) is 25.9 Å². The molecule has 0 aromatic rings. The number of nitrogens with zero attached hydrogens (tertiary/aromatic N) is 1. The Kier molecular flexibility index (Phi) is 3.23. The number of alkyl halides is 2. The van der Waals surface area contributed by atoms with Crippen molar-refractivity contribution in [1.82, 2.24) is 4.90 Å². The maximum absolute atomic E-state index is 12.7. The molecule has 1 atom stereocenters. The Bertz CT molecular complexity index is 273. The zero-order chi connectivity index (χ0) is 11.6. The van der Waals surface area contributed by atoms with Crippen LogP contribution in [-0.4, -0.2) is 46.9 Å². The summed E-state index contributed by atoms with van der Waals surface area (Å²) in [6, 6.07) is -1.66. The van der Waals surface area contributed by atoms with Crippen LogP contribution >= 0.6 is 0 Å². The molecule has 1 unspecified atom stereocenters. The van der Waals surface area contributed by atoms with Crippen LogP contribution in [0.4, 0.5) is 8.78 Å². The first-order chi connectivity index (χ1) is 6.83. The molecule has 1 heterocycles. The van der Waals surface area contributed by atoms with Crippen LogP contribution in [0.15, 0.2) is 0 Å². The van der Waals surface area contributed by atoms with Crippen LogP contribution in [0.2, 0.25) is 0 Å². The highest BCUT2D eigenvalue weighted by Gasteiger charge is 2.37. The summed E-state index contributed by atoms with van der Waals surface area (Å²) in [5.74, 6) is -5.01. The van der Waals surface area contributed by atoms with E-state index in [9.17, 15) is 18.4 Å². The molecular weight excluding hydrogens is 210 g/mol. The smallest absolute Gasteiger partial charge is 0.330 e. The molecule has 0 spiro atoms. The molecule has 3 N–H and O–H groups in total. The SMILES string of the molecule is NC(C(=O)O)C(=O)N1CCC(F)(F)CC1. The van der Waals surface area contributed by atoms with Gasteiger partial charge in [0.15, 0.2) is 6.04 Å². The third-order valence-corrected chi connectivity index (χ3v) is 2.34. The number of likely N-dealkylation sites (tertiary alicyclic amines) is 1. The zero-order valence-electron chi connectivity index (χ0n) is 7.95. The fourth-order valence-corrected chi connectivity index (χ4v) is 1.36. The molecule has 1 rings (SSSR count). The molecule has 1 aliphatic rings. The topological polar surface area (TPSA) is 83.6 Å². The van der Waals surface area contributed by atoms with E-state index < -0.39 is 36.7 Å². The van der Waals surface area contributed by atoms with E-state index in [-0.39, 0.29) is 13.1 Å². The summed E-state index contributed by atoms with van der Waals surface area (Å²) in [6.45, 7) is -0.292. The highest BCUT2D eigenvalue weighted by atomic mass is 19.3. The van der Waals surface area contributed by atoms with Crippen LogP contribution in [-0.2, 0) is 9.59 Å². The van der Waals surface area contributed by atoms with Gasteiger partial charge in [0.25, 0.3) is 11.8 Å². The Hall–Kier alpha value is -1.24. The maximum atomic E-state index is 12.7. The fourth-order valence-electron chi connectivity index (χ4n) is 1.36. The minimum atomic E-state index is -2.76. The average Bonchev–Trinajstić information content (AvgIpc) is 2.15. The van der Waals surface area contributed by atoms with E-state index in [1.807, 2.05) is 0 Å². The van der Waals surface area contributed by atoms with E-state index in [4.69, 9.17) is 10.8 Å². The number of carboxylic acid groups (broad SMARTS) is 1. The number of aliphatic carboxylic acids is 1. The summed E-state index contributed by atoms with van der Waals surface area (Å²) in [7, 11) is 0. The minimum absolute atomic E-state index is 0.146. The number of carbonyl (C=O) groups excluding carboxylic acids is 1. The normalized spacial score (nSPS) is 22.2. The third-order valence-electron chi connectivity index (χ3n) is 2.34. The molecule has 5 nitrogen and oxygen atoms in total. The van der Waals surface area contributed by atoms with E-state index in [0.29, 0.717) is 0 Å². The largest absolute Gasteiger partial charge is 0.480 e. The Labute approximate surface area is 84.8 Å². The van der Waals surface area contributed by atoms with Crippen molar-refractivity contribution in [3.63, 3.8) is 0 Å². The number of amides is 1. The lowest BCUT2D eigenvalue weighted by atomic mass is 10.1. The van der Waals surface area contributed by atoms with Gasteiger partial charge in [0.05, 0.1) is 0 Å². The van der Waals surface area contributed by atoms with Crippen molar-refractivity contribution < 1.29 is 23.5 Å². The van der Waals surface area contributed by atoms with Gasteiger partial charge in [0.2, 0.25) is 0 Å². The molecule has 1 saturated heterocycles. The summed E-state index contributed by atoms with van der Waals surface area (Å²) in [5.41, 5.74) is 5.08. The molecule has 1 fully saturated rings. The Balaban J connectivity index is 2.54. The van der Waals surface area contributed by atoms with Crippen LogP contribution in [0.25, 0.3) is 0 Å². The van der Waals surface area contributed by atoms with E-state index in [2.05, 4.69) is 0 Å². The molecule has 0 aromatic heterocycles. The van der Waals surface area contributed by atoms with Gasteiger partial charge in [-0.25, -0.2) is 13.6 Å². The highest BCUT2D eigenvalue weighted by Crippen LogP contribution is 2.27. The number of hydrogen-bond acceptors (Lipinski definition) is 3. The standard InChI is InChI=1S/C8H12F2N2O3/c9-8(10)1-3-12(4-2-8)6(13)5(11)7(14)15/h5H,1-4,11H2,(H,14,15). The van der Waals surface area contributed by atoms with Crippen molar-refractivity contribution >= 4 is 11.9 Å². The Morgan fingerprint density at radius 1 is 1.33 bits per heavy atom. The van der Waals surface area contributed by atoms with Gasteiger partial charge in [-0.05, 0) is 0 Å². The van der Waals surface area contributed by atoms with Crippen LogP contribution in [0.5, 0.6) is 0 Å². The minimum Gasteiger partial charge on any atom is -0.480 e. The first-order valence-electron chi connectivity index (χ1n) is 4.48. The molecule has 0 saturated carbocycles. The molecular formula is C8H12F2N2O3. The lowest BCUT2D eigenvalue weighted by molar-refractivity contribution is -0.149. The van der Waals surface area contributed by atoms with Gasteiger partial charge < -0.3 is 15.7 Å². The van der Waals surface area contributed by atoms with E-state index >= 15 is 0 Å². The molecule has 1 aliphatic heterocycles.